The molecule has 2 rings (SSSR count). The van der Waals surface area contributed by atoms with Crippen LogP contribution < -0.4 is 16.0 Å². The molecular weight excluding hydrogens is 334 g/mol. The summed E-state index contributed by atoms with van der Waals surface area (Å²) >= 11 is 2.64. The maximum absolute atomic E-state index is 12.0. The first kappa shape index (κ1) is 17.7. The van der Waals surface area contributed by atoms with Crippen LogP contribution in [-0.2, 0) is 4.79 Å². The van der Waals surface area contributed by atoms with Crippen LogP contribution >= 0.6 is 23.1 Å². The van der Waals surface area contributed by atoms with Crippen molar-refractivity contribution in [2.24, 2.45) is 0 Å². The highest BCUT2D eigenvalue weighted by atomic mass is 32.2. The van der Waals surface area contributed by atoms with E-state index in [0.29, 0.717) is 16.0 Å². The van der Waals surface area contributed by atoms with Crippen LogP contribution in [0.3, 0.4) is 0 Å². The molecule has 1 saturated carbocycles. The van der Waals surface area contributed by atoms with Crippen LogP contribution in [0.25, 0.3) is 0 Å². The van der Waals surface area contributed by atoms with Gasteiger partial charge >= 0.3 is 6.03 Å². The van der Waals surface area contributed by atoms with E-state index in [1.54, 1.807) is 13.0 Å². The smallest absolute Gasteiger partial charge is 0.321 e. The van der Waals surface area contributed by atoms with Crippen LogP contribution in [-0.4, -0.2) is 40.0 Å². The average Bonchev–Trinajstić information content (AvgIpc) is 3.16. The molecule has 3 N–H and O–H groups in total. The summed E-state index contributed by atoms with van der Waals surface area (Å²) in [6.07, 6.45) is 5.95. The summed E-state index contributed by atoms with van der Waals surface area (Å²) in [6, 6.07) is -0.229. The fourth-order valence-corrected chi connectivity index (χ4v) is 4.10. The van der Waals surface area contributed by atoms with Crippen molar-refractivity contribution in [1.29, 1.82) is 0 Å². The van der Waals surface area contributed by atoms with Gasteiger partial charge in [-0.1, -0.05) is 42.0 Å². The third-order valence-corrected chi connectivity index (χ3v) is 5.44. The second-order valence-corrected chi connectivity index (χ2v) is 7.81. The van der Waals surface area contributed by atoms with Gasteiger partial charge in [0.25, 0.3) is 0 Å². The van der Waals surface area contributed by atoms with Crippen molar-refractivity contribution in [2.75, 3.05) is 11.9 Å². The second kappa shape index (κ2) is 8.88. The number of amides is 3. The fraction of sp³-hybridized carbons (Fsp3) is 0.571. The first-order valence-electron chi connectivity index (χ1n) is 7.54. The first-order valence-corrected chi connectivity index (χ1v) is 9.24. The predicted molar refractivity (Wildman–Crippen MR) is 92.8 cm³/mol. The number of hydrogen-bond acceptors (Lipinski definition) is 7. The van der Waals surface area contributed by atoms with Gasteiger partial charge < -0.3 is 10.6 Å². The van der Waals surface area contributed by atoms with Crippen molar-refractivity contribution < 1.29 is 9.59 Å². The molecule has 126 valence electrons. The molecule has 0 spiro atoms. The highest BCUT2D eigenvalue weighted by Gasteiger charge is 2.22. The van der Waals surface area contributed by atoms with Gasteiger partial charge in [0.1, 0.15) is 0 Å². The Balaban J connectivity index is 1.76. The SMILES string of the molecule is C=CCNc1nnc(S[C@H](C)C(=O)NC(=O)NC2CCCC2)s1. The number of thioether (sulfide) groups is 1. The number of rotatable bonds is 7. The maximum atomic E-state index is 12.0. The molecule has 23 heavy (non-hydrogen) atoms. The Morgan fingerprint density at radius 1 is 1.43 bits per heavy atom. The molecule has 1 aromatic rings. The molecule has 1 heterocycles. The Morgan fingerprint density at radius 3 is 2.87 bits per heavy atom. The van der Waals surface area contributed by atoms with Gasteiger partial charge in [0.05, 0.1) is 5.25 Å². The largest absolute Gasteiger partial charge is 0.357 e. The number of carbonyl (C=O) groups is 2. The summed E-state index contributed by atoms with van der Waals surface area (Å²) < 4.78 is 0.676. The van der Waals surface area contributed by atoms with Gasteiger partial charge in [-0.05, 0) is 19.8 Å². The summed E-state index contributed by atoms with van der Waals surface area (Å²) in [4.78, 5) is 23.8. The third-order valence-electron chi connectivity index (χ3n) is 3.38. The van der Waals surface area contributed by atoms with Crippen LogP contribution in [0.2, 0.25) is 0 Å². The first-order chi connectivity index (χ1) is 11.1. The average molecular weight is 355 g/mol. The van der Waals surface area contributed by atoms with Crippen molar-refractivity contribution in [3.05, 3.63) is 12.7 Å². The van der Waals surface area contributed by atoms with Gasteiger partial charge in [-0.3, -0.25) is 10.1 Å². The molecule has 7 nitrogen and oxygen atoms in total. The summed E-state index contributed by atoms with van der Waals surface area (Å²) in [5.41, 5.74) is 0. The standard InChI is InChI=1S/C14H21N5O2S2/c1-3-8-15-13-18-19-14(23-13)22-9(2)11(20)17-12(21)16-10-6-4-5-7-10/h3,9-10H,1,4-8H2,2H3,(H,15,18)(H2,16,17,20,21)/t9-/m1/s1. The van der Waals surface area contributed by atoms with Crippen LogP contribution in [0.1, 0.15) is 32.6 Å². The molecule has 1 atom stereocenters. The van der Waals surface area contributed by atoms with E-state index >= 15 is 0 Å². The molecule has 0 saturated heterocycles. The van der Waals surface area contributed by atoms with E-state index in [4.69, 9.17) is 0 Å². The number of nitrogens with one attached hydrogen (secondary N) is 3. The Hall–Kier alpha value is -1.61. The summed E-state index contributed by atoms with van der Waals surface area (Å²) in [7, 11) is 0. The highest BCUT2D eigenvalue weighted by Crippen LogP contribution is 2.28. The van der Waals surface area contributed by atoms with Gasteiger partial charge in [0.15, 0.2) is 4.34 Å². The monoisotopic (exact) mass is 355 g/mol. The van der Waals surface area contributed by atoms with Crippen LogP contribution in [0.5, 0.6) is 0 Å². The number of imide groups is 1. The van der Waals surface area contributed by atoms with Gasteiger partial charge in [-0.2, -0.15) is 0 Å². The summed E-state index contributed by atoms with van der Waals surface area (Å²) in [5, 5.41) is 16.5. The van der Waals surface area contributed by atoms with Gasteiger partial charge in [-0.15, -0.1) is 16.8 Å². The Labute approximate surface area is 143 Å². The number of nitrogens with zero attached hydrogens (tertiary/aromatic N) is 2. The number of anilines is 1. The second-order valence-electron chi connectivity index (χ2n) is 5.25. The zero-order valence-corrected chi connectivity index (χ0v) is 14.6. The summed E-state index contributed by atoms with van der Waals surface area (Å²) in [6.45, 7) is 5.96. The van der Waals surface area contributed by atoms with E-state index in [1.165, 1.54) is 23.1 Å². The topological polar surface area (TPSA) is 96.0 Å². The highest BCUT2D eigenvalue weighted by molar-refractivity contribution is 8.02. The lowest BCUT2D eigenvalue weighted by Crippen LogP contribution is -2.45. The minimum Gasteiger partial charge on any atom is -0.357 e. The van der Waals surface area contributed by atoms with E-state index in [-0.39, 0.29) is 11.9 Å². The molecule has 0 aromatic carbocycles. The molecule has 0 bridgehead atoms. The van der Waals surface area contributed by atoms with Gasteiger partial charge in [0.2, 0.25) is 11.0 Å². The van der Waals surface area contributed by atoms with Crippen LogP contribution in [0.4, 0.5) is 9.93 Å². The Kier molecular flexibility index (Phi) is 6.85. The molecular formula is C14H21N5O2S2. The fourth-order valence-electron chi connectivity index (χ4n) is 2.20. The van der Waals surface area contributed by atoms with Crippen molar-refractivity contribution >= 4 is 40.2 Å². The predicted octanol–water partition coefficient (Wildman–Crippen LogP) is 2.38. The van der Waals surface area contributed by atoms with Crippen molar-refractivity contribution in [1.82, 2.24) is 20.8 Å². The number of carbonyl (C=O) groups excluding carboxylic acids is 2. The van der Waals surface area contributed by atoms with E-state index in [9.17, 15) is 9.59 Å². The van der Waals surface area contributed by atoms with Crippen LogP contribution in [0.15, 0.2) is 17.0 Å². The minimum atomic E-state index is -0.426. The zero-order valence-electron chi connectivity index (χ0n) is 13.0. The molecule has 3 amide bonds. The maximum Gasteiger partial charge on any atom is 0.321 e. The molecule has 1 aromatic heterocycles. The number of hydrogen-bond donors (Lipinski definition) is 3. The third kappa shape index (κ3) is 5.83. The van der Waals surface area contributed by atoms with E-state index in [2.05, 4.69) is 32.7 Å². The van der Waals surface area contributed by atoms with Crippen molar-refractivity contribution in [3.63, 3.8) is 0 Å². The molecule has 1 fully saturated rings. The van der Waals surface area contributed by atoms with Crippen molar-refractivity contribution in [2.45, 2.75) is 48.2 Å². The zero-order chi connectivity index (χ0) is 16.7. The van der Waals surface area contributed by atoms with Gasteiger partial charge in [-0.25, -0.2) is 4.79 Å². The molecule has 1 aliphatic rings. The molecule has 1 aliphatic carbocycles. The molecule has 0 unspecified atom stereocenters. The van der Waals surface area contributed by atoms with E-state index in [0.717, 1.165) is 25.7 Å². The quantitative estimate of drug-likeness (QED) is 0.513. The minimum absolute atomic E-state index is 0.187. The lowest BCUT2D eigenvalue weighted by Gasteiger charge is -2.14. The normalized spacial score (nSPS) is 15.9. The molecule has 0 radical (unpaired) electrons. The molecule has 0 aliphatic heterocycles. The number of urea groups is 1. The number of aromatic nitrogens is 2. The van der Waals surface area contributed by atoms with E-state index < -0.39 is 11.3 Å². The lowest BCUT2D eigenvalue weighted by atomic mass is 10.2. The Bertz CT molecular complexity index is 557. The van der Waals surface area contributed by atoms with Gasteiger partial charge in [0, 0.05) is 12.6 Å². The summed E-state index contributed by atoms with van der Waals surface area (Å²) in [5.74, 6) is -0.332. The molecule has 9 heteroatoms. The lowest BCUT2D eigenvalue weighted by molar-refractivity contribution is -0.119. The van der Waals surface area contributed by atoms with Crippen molar-refractivity contribution in [3.8, 4) is 0 Å². The Morgan fingerprint density at radius 2 is 2.17 bits per heavy atom. The van der Waals surface area contributed by atoms with Crippen LogP contribution in [0, 0.1) is 0 Å². The van der Waals surface area contributed by atoms with E-state index in [1.807, 2.05) is 0 Å².